The molecule has 2 rings (SSSR count). The number of aryl methyl sites for hydroxylation is 1. The van der Waals surface area contributed by atoms with Crippen LogP contribution in [-0.4, -0.2) is 72.5 Å². The van der Waals surface area contributed by atoms with Crippen LogP contribution in [0.25, 0.3) is 0 Å². The van der Waals surface area contributed by atoms with Gasteiger partial charge in [-0.15, -0.1) is 11.3 Å². The van der Waals surface area contributed by atoms with Crippen LogP contribution in [0, 0.1) is 6.92 Å². The lowest BCUT2D eigenvalue weighted by Crippen LogP contribution is -2.43. The van der Waals surface area contributed by atoms with Crippen molar-refractivity contribution in [1.82, 2.24) is 20.1 Å². The highest BCUT2D eigenvalue weighted by molar-refractivity contribution is 7.99. The second kappa shape index (κ2) is 8.60. The van der Waals surface area contributed by atoms with Crippen LogP contribution in [0.3, 0.4) is 0 Å². The predicted molar refractivity (Wildman–Crippen MR) is 93.4 cm³/mol. The van der Waals surface area contributed by atoms with Gasteiger partial charge < -0.3 is 10.2 Å². The zero-order chi connectivity index (χ0) is 15.1. The fourth-order valence-electron chi connectivity index (χ4n) is 2.33. The van der Waals surface area contributed by atoms with Crippen molar-refractivity contribution in [3.63, 3.8) is 0 Å². The Morgan fingerprint density at radius 1 is 1.48 bits per heavy atom. The molecule has 0 saturated carbocycles. The summed E-state index contributed by atoms with van der Waals surface area (Å²) in [6.07, 6.45) is 0. The van der Waals surface area contributed by atoms with Crippen LogP contribution in [0.5, 0.6) is 0 Å². The number of aliphatic imine (C=N–C) groups is 1. The van der Waals surface area contributed by atoms with Crippen LogP contribution in [0.4, 0.5) is 0 Å². The average Bonchev–Trinajstić information content (AvgIpc) is 2.89. The molecule has 21 heavy (non-hydrogen) atoms. The van der Waals surface area contributed by atoms with Gasteiger partial charge in [0.15, 0.2) is 5.96 Å². The van der Waals surface area contributed by atoms with Gasteiger partial charge in [0.1, 0.15) is 0 Å². The molecule has 0 bridgehead atoms. The first-order valence-corrected chi connectivity index (χ1v) is 9.35. The molecule has 1 fully saturated rings. The molecule has 5 nitrogen and oxygen atoms in total. The summed E-state index contributed by atoms with van der Waals surface area (Å²) < 4.78 is 0. The first-order valence-electron chi connectivity index (χ1n) is 7.32. The predicted octanol–water partition coefficient (Wildman–Crippen LogP) is 1.51. The van der Waals surface area contributed by atoms with Gasteiger partial charge in [-0.05, 0) is 6.92 Å². The van der Waals surface area contributed by atoms with Crippen molar-refractivity contribution in [3.05, 3.63) is 16.1 Å². The summed E-state index contributed by atoms with van der Waals surface area (Å²) in [7, 11) is 3.89. The highest BCUT2D eigenvalue weighted by Crippen LogP contribution is 2.10. The van der Waals surface area contributed by atoms with Gasteiger partial charge in [-0.25, -0.2) is 4.98 Å². The standard InChI is InChI=1S/C14H25N5S2/c1-12-17-13(11-21-12)10-18(3)14(15-2)16-4-5-19-6-8-20-9-7-19/h11H,4-10H2,1-3H3,(H,15,16). The van der Waals surface area contributed by atoms with Crippen molar-refractivity contribution < 1.29 is 0 Å². The second-order valence-corrected chi connectivity index (χ2v) is 7.43. The van der Waals surface area contributed by atoms with Crippen molar-refractivity contribution in [3.8, 4) is 0 Å². The zero-order valence-electron chi connectivity index (χ0n) is 13.1. The third-order valence-electron chi connectivity index (χ3n) is 3.45. The zero-order valence-corrected chi connectivity index (χ0v) is 14.8. The number of hydrogen-bond donors (Lipinski definition) is 1. The molecule has 0 unspecified atom stereocenters. The van der Waals surface area contributed by atoms with Gasteiger partial charge in [0.2, 0.25) is 0 Å². The van der Waals surface area contributed by atoms with Crippen molar-refractivity contribution >= 4 is 29.1 Å². The van der Waals surface area contributed by atoms with E-state index >= 15 is 0 Å². The molecule has 1 N–H and O–H groups in total. The number of rotatable bonds is 5. The SMILES string of the molecule is CN=C(NCCN1CCSCC1)N(C)Cc1csc(C)n1. The van der Waals surface area contributed by atoms with Crippen LogP contribution in [0.1, 0.15) is 10.7 Å². The Morgan fingerprint density at radius 3 is 2.86 bits per heavy atom. The maximum atomic E-state index is 4.50. The molecule has 0 spiro atoms. The van der Waals surface area contributed by atoms with Crippen LogP contribution < -0.4 is 5.32 Å². The summed E-state index contributed by atoms with van der Waals surface area (Å²) in [5.74, 6) is 3.46. The Hall–Kier alpha value is -0.790. The Kier molecular flexibility index (Phi) is 6.79. The summed E-state index contributed by atoms with van der Waals surface area (Å²) in [4.78, 5) is 13.5. The Balaban J connectivity index is 1.74. The molecule has 0 aliphatic carbocycles. The quantitative estimate of drug-likeness (QED) is 0.656. The number of thioether (sulfide) groups is 1. The van der Waals surface area contributed by atoms with Gasteiger partial charge in [0.25, 0.3) is 0 Å². The Bertz CT molecular complexity index is 454. The fourth-order valence-corrected chi connectivity index (χ4v) is 3.92. The lowest BCUT2D eigenvalue weighted by molar-refractivity contribution is 0.305. The molecule has 0 radical (unpaired) electrons. The van der Waals surface area contributed by atoms with Crippen molar-refractivity contribution in [1.29, 1.82) is 0 Å². The molecular formula is C14H25N5S2. The number of nitrogens with zero attached hydrogens (tertiary/aromatic N) is 4. The maximum Gasteiger partial charge on any atom is 0.193 e. The lowest BCUT2D eigenvalue weighted by Gasteiger charge is -2.27. The second-order valence-electron chi connectivity index (χ2n) is 5.14. The van der Waals surface area contributed by atoms with E-state index in [2.05, 4.69) is 49.3 Å². The normalized spacial score (nSPS) is 17.0. The molecule has 1 aromatic rings. The Morgan fingerprint density at radius 2 is 2.24 bits per heavy atom. The smallest absolute Gasteiger partial charge is 0.193 e. The number of nitrogens with one attached hydrogen (secondary N) is 1. The Labute approximate surface area is 135 Å². The summed E-state index contributed by atoms with van der Waals surface area (Å²) in [6.45, 7) is 7.28. The summed E-state index contributed by atoms with van der Waals surface area (Å²) in [5, 5.41) is 6.68. The van der Waals surface area contributed by atoms with Gasteiger partial charge >= 0.3 is 0 Å². The minimum atomic E-state index is 0.796. The van der Waals surface area contributed by atoms with Crippen LogP contribution in [-0.2, 0) is 6.54 Å². The van der Waals surface area contributed by atoms with Gasteiger partial charge in [0, 0.05) is 57.2 Å². The molecular weight excluding hydrogens is 302 g/mol. The highest BCUT2D eigenvalue weighted by Gasteiger charge is 2.11. The van der Waals surface area contributed by atoms with Gasteiger partial charge in [-0.1, -0.05) is 0 Å². The third kappa shape index (κ3) is 5.48. The van der Waals surface area contributed by atoms with Gasteiger partial charge in [-0.3, -0.25) is 9.89 Å². The van der Waals surface area contributed by atoms with E-state index in [9.17, 15) is 0 Å². The monoisotopic (exact) mass is 327 g/mol. The van der Waals surface area contributed by atoms with E-state index < -0.39 is 0 Å². The molecule has 0 aromatic carbocycles. The molecule has 0 atom stereocenters. The van der Waals surface area contributed by atoms with Crippen LogP contribution in [0.15, 0.2) is 10.4 Å². The molecule has 0 amide bonds. The molecule has 1 aliphatic heterocycles. The molecule has 1 saturated heterocycles. The van der Waals surface area contributed by atoms with E-state index in [1.165, 1.54) is 24.6 Å². The summed E-state index contributed by atoms with van der Waals surface area (Å²) in [6, 6.07) is 0. The van der Waals surface area contributed by atoms with Gasteiger partial charge in [-0.2, -0.15) is 11.8 Å². The van der Waals surface area contributed by atoms with E-state index in [1.54, 1.807) is 11.3 Å². The highest BCUT2D eigenvalue weighted by atomic mass is 32.2. The lowest BCUT2D eigenvalue weighted by atomic mass is 10.4. The number of hydrogen-bond acceptors (Lipinski definition) is 5. The summed E-state index contributed by atoms with van der Waals surface area (Å²) in [5.41, 5.74) is 1.11. The number of guanidine groups is 1. The topological polar surface area (TPSA) is 43.8 Å². The van der Waals surface area contributed by atoms with Crippen LogP contribution in [0.2, 0.25) is 0 Å². The molecule has 1 aliphatic rings. The molecule has 2 heterocycles. The van der Waals surface area contributed by atoms with E-state index in [-0.39, 0.29) is 0 Å². The number of aromatic nitrogens is 1. The van der Waals surface area contributed by atoms with E-state index in [1.807, 2.05) is 14.0 Å². The molecule has 118 valence electrons. The largest absolute Gasteiger partial charge is 0.355 e. The van der Waals surface area contributed by atoms with Crippen LogP contribution >= 0.6 is 23.1 Å². The minimum Gasteiger partial charge on any atom is -0.355 e. The van der Waals surface area contributed by atoms with Crippen molar-refractivity contribution in [2.24, 2.45) is 4.99 Å². The third-order valence-corrected chi connectivity index (χ3v) is 5.22. The fraction of sp³-hybridized carbons (Fsp3) is 0.714. The minimum absolute atomic E-state index is 0.796. The summed E-state index contributed by atoms with van der Waals surface area (Å²) >= 11 is 3.75. The van der Waals surface area contributed by atoms with E-state index in [0.29, 0.717) is 0 Å². The first kappa shape index (κ1) is 16.6. The first-order chi connectivity index (χ1) is 10.2. The average molecular weight is 328 g/mol. The van der Waals surface area contributed by atoms with E-state index in [0.717, 1.165) is 36.3 Å². The number of thiazole rings is 1. The van der Waals surface area contributed by atoms with Crippen molar-refractivity contribution in [2.75, 3.05) is 51.8 Å². The van der Waals surface area contributed by atoms with Crippen molar-refractivity contribution in [2.45, 2.75) is 13.5 Å². The molecule has 1 aromatic heterocycles. The van der Waals surface area contributed by atoms with Gasteiger partial charge in [0.05, 0.1) is 17.2 Å². The van der Waals surface area contributed by atoms with E-state index in [4.69, 9.17) is 0 Å². The maximum absolute atomic E-state index is 4.50. The molecule has 7 heteroatoms.